The summed E-state index contributed by atoms with van der Waals surface area (Å²) in [6, 6.07) is 2.05. The molecule has 0 aliphatic heterocycles. The lowest BCUT2D eigenvalue weighted by atomic mass is 10.6. The maximum absolute atomic E-state index is 5.90. The molecule has 5 nitrogen and oxygen atoms in total. The van der Waals surface area contributed by atoms with E-state index < -0.39 is 0 Å². The maximum atomic E-state index is 5.90. The van der Waals surface area contributed by atoms with Gasteiger partial charge in [0.05, 0.1) is 13.3 Å². The second-order valence-corrected chi connectivity index (χ2v) is 2.89. The number of nitrogens with zero attached hydrogens (tertiary/aromatic N) is 4. The fraction of sp³-hybridized carbons (Fsp3) is 0.125. The zero-order chi connectivity index (χ0) is 9.97. The van der Waals surface area contributed by atoms with E-state index in [-0.39, 0.29) is 6.01 Å². The number of methoxy groups -OCH3 is 1. The highest BCUT2D eigenvalue weighted by molar-refractivity contribution is 6.32. The van der Waals surface area contributed by atoms with Crippen LogP contribution >= 0.6 is 11.6 Å². The topological polar surface area (TPSA) is 52.8 Å². The molecule has 0 atom stereocenters. The van der Waals surface area contributed by atoms with Gasteiger partial charge in [-0.3, -0.25) is 0 Å². The van der Waals surface area contributed by atoms with Crippen LogP contribution in [0.15, 0.2) is 24.7 Å². The first-order chi connectivity index (χ1) is 6.81. The Morgan fingerprint density at radius 2 is 2.36 bits per heavy atom. The Bertz CT molecular complexity index is 429. The third-order valence-electron chi connectivity index (χ3n) is 1.61. The molecule has 2 aromatic rings. The van der Waals surface area contributed by atoms with Crippen LogP contribution < -0.4 is 4.74 Å². The Labute approximate surface area is 85.3 Å². The van der Waals surface area contributed by atoms with Gasteiger partial charge in [-0.25, -0.2) is 9.67 Å². The van der Waals surface area contributed by atoms with E-state index in [9.17, 15) is 0 Å². The highest BCUT2D eigenvalue weighted by atomic mass is 35.5. The van der Waals surface area contributed by atoms with Crippen molar-refractivity contribution in [2.45, 2.75) is 0 Å². The molecule has 0 aliphatic rings. The summed E-state index contributed by atoms with van der Waals surface area (Å²) in [6.45, 7) is 0. The van der Waals surface area contributed by atoms with E-state index in [1.165, 1.54) is 13.3 Å². The minimum absolute atomic E-state index is 0.264. The molecule has 0 bridgehead atoms. The summed E-state index contributed by atoms with van der Waals surface area (Å²) in [6.07, 6.45) is 4.86. The van der Waals surface area contributed by atoms with E-state index in [1.54, 1.807) is 23.1 Å². The minimum atomic E-state index is 0.264. The van der Waals surface area contributed by atoms with Gasteiger partial charge in [0.25, 0.3) is 0 Å². The molecule has 0 fully saturated rings. The van der Waals surface area contributed by atoms with Crippen molar-refractivity contribution in [3.63, 3.8) is 0 Å². The number of hydrogen-bond donors (Lipinski definition) is 0. The first-order valence-electron chi connectivity index (χ1n) is 3.88. The SMILES string of the molecule is COc1ncc(Cl)c(-n2cccn2)n1. The molecule has 0 radical (unpaired) electrons. The fourth-order valence-corrected chi connectivity index (χ4v) is 1.17. The van der Waals surface area contributed by atoms with Crippen LogP contribution in [0.1, 0.15) is 0 Å². The van der Waals surface area contributed by atoms with E-state index in [4.69, 9.17) is 16.3 Å². The minimum Gasteiger partial charge on any atom is -0.467 e. The molecule has 0 saturated carbocycles. The molecular formula is C8H7ClN4O. The molecule has 0 N–H and O–H groups in total. The van der Waals surface area contributed by atoms with Crippen LogP contribution in [-0.2, 0) is 0 Å². The number of ether oxygens (including phenoxy) is 1. The fourth-order valence-electron chi connectivity index (χ4n) is 0.996. The monoisotopic (exact) mass is 210 g/mol. The standard InChI is InChI=1S/C8H7ClN4O/c1-14-8-10-5-6(9)7(12-8)13-4-2-3-11-13/h2-5H,1H3. The van der Waals surface area contributed by atoms with Gasteiger partial charge in [0.2, 0.25) is 0 Å². The lowest BCUT2D eigenvalue weighted by molar-refractivity contribution is 0.379. The largest absolute Gasteiger partial charge is 0.467 e. The third kappa shape index (κ3) is 1.54. The van der Waals surface area contributed by atoms with Gasteiger partial charge in [-0.05, 0) is 6.07 Å². The molecule has 72 valence electrons. The van der Waals surface area contributed by atoms with Gasteiger partial charge in [-0.2, -0.15) is 10.1 Å². The van der Waals surface area contributed by atoms with Crippen LogP contribution in [-0.4, -0.2) is 26.9 Å². The van der Waals surface area contributed by atoms with E-state index in [0.29, 0.717) is 10.8 Å². The van der Waals surface area contributed by atoms with E-state index in [0.717, 1.165) is 0 Å². The van der Waals surface area contributed by atoms with E-state index in [1.807, 2.05) is 0 Å². The van der Waals surface area contributed by atoms with Crippen molar-refractivity contribution in [3.05, 3.63) is 29.7 Å². The average molecular weight is 211 g/mol. The molecule has 6 heteroatoms. The van der Waals surface area contributed by atoms with Crippen LogP contribution in [0.4, 0.5) is 0 Å². The molecule has 2 aromatic heterocycles. The number of hydrogen-bond acceptors (Lipinski definition) is 4. The zero-order valence-electron chi connectivity index (χ0n) is 7.38. The number of halogens is 1. The van der Waals surface area contributed by atoms with Crippen molar-refractivity contribution in [2.75, 3.05) is 7.11 Å². The summed E-state index contributed by atoms with van der Waals surface area (Å²) in [5.41, 5.74) is 0. The average Bonchev–Trinajstić information content (AvgIpc) is 2.71. The highest BCUT2D eigenvalue weighted by Crippen LogP contribution is 2.17. The van der Waals surface area contributed by atoms with Gasteiger partial charge in [-0.1, -0.05) is 11.6 Å². The van der Waals surface area contributed by atoms with Gasteiger partial charge >= 0.3 is 6.01 Å². The first-order valence-corrected chi connectivity index (χ1v) is 4.25. The van der Waals surface area contributed by atoms with Crippen LogP contribution in [0.25, 0.3) is 5.82 Å². The smallest absolute Gasteiger partial charge is 0.318 e. The number of rotatable bonds is 2. The molecule has 0 unspecified atom stereocenters. The normalized spacial score (nSPS) is 10.1. The van der Waals surface area contributed by atoms with Crippen molar-refractivity contribution >= 4 is 11.6 Å². The summed E-state index contributed by atoms with van der Waals surface area (Å²) in [4.78, 5) is 7.93. The van der Waals surface area contributed by atoms with Gasteiger partial charge in [0.15, 0.2) is 5.82 Å². The quantitative estimate of drug-likeness (QED) is 0.750. The van der Waals surface area contributed by atoms with Crippen molar-refractivity contribution in [1.29, 1.82) is 0 Å². The Kier molecular flexibility index (Phi) is 2.32. The first kappa shape index (κ1) is 8.96. The summed E-state index contributed by atoms with van der Waals surface area (Å²) in [5, 5.41) is 4.43. The van der Waals surface area contributed by atoms with Gasteiger partial charge in [-0.15, -0.1) is 0 Å². The second kappa shape index (κ2) is 3.63. The van der Waals surface area contributed by atoms with Crippen LogP contribution in [0.2, 0.25) is 5.02 Å². The van der Waals surface area contributed by atoms with Gasteiger partial charge in [0.1, 0.15) is 5.02 Å². The molecule has 0 amide bonds. The zero-order valence-corrected chi connectivity index (χ0v) is 8.14. The lowest BCUT2D eigenvalue weighted by Gasteiger charge is -2.03. The van der Waals surface area contributed by atoms with Crippen LogP contribution in [0, 0.1) is 0 Å². The molecule has 2 heterocycles. The molecule has 2 rings (SSSR count). The highest BCUT2D eigenvalue weighted by Gasteiger charge is 2.07. The predicted molar refractivity (Wildman–Crippen MR) is 50.7 cm³/mol. The molecule has 0 spiro atoms. The van der Waals surface area contributed by atoms with Crippen molar-refractivity contribution in [1.82, 2.24) is 19.7 Å². The molecule has 0 aromatic carbocycles. The Morgan fingerprint density at radius 1 is 1.50 bits per heavy atom. The maximum Gasteiger partial charge on any atom is 0.318 e. The molecule has 14 heavy (non-hydrogen) atoms. The molecule has 0 saturated heterocycles. The van der Waals surface area contributed by atoms with Crippen LogP contribution in [0.3, 0.4) is 0 Å². The second-order valence-electron chi connectivity index (χ2n) is 2.48. The summed E-state index contributed by atoms with van der Waals surface area (Å²) in [7, 11) is 1.50. The van der Waals surface area contributed by atoms with Crippen molar-refractivity contribution in [2.24, 2.45) is 0 Å². The summed E-state index contributed by atoms with van der Waals surface area (Å²) < 4.78 is 6.43. The van der Waals surface area contributed by atoms with Crippen molar-refractivity contribution in [3.8, 4) is 11.8 Å². The third-order valence-corrected chi connectivity index (χ3v) is 1.87. The predicted octanol–water partition coefficient (Wildman–Crippen LogP) is 1.32. The summed E-state index contributed by atoms with van der Waals surface area (Å²) >= 11 is 5.90. The molecular weight excluding hydrogens is 204 g/mol. The van der Waals surface area contributed by atoms with E-state index >= 15 is 0 Å². The van der Waals surface area contributed by atoms with E-state index in [2.05, 4.69) is 15.1 Å². The Balaban J connectivity index is 2.51. The van der Waals surface area contributed by atoms with Gasteiger partial charge in [0, 0.05) is 12.4 Å². The van der Waals surface area contributed by atoms with Gasteiger partial charge < -0.3 is 4.74 Å². The number of aromatic nitrogens is 4. The Hall–Kier alpha value is -1.62. The molecule has 0 aliphatic carbocycles. The lowest BCUT2D eigenvalue weighted by Crippen LogP contribution is -2.02. The van der Waals surface area contributed by atoms with Crippen LogP contribution in [0.5, 0.6) is 6.01 Å². The summed E-state index contributed by atoms with van der Waals surface area (Å²) in [5.74, 6) is 0.503. The van der Waals surface area contributed by atoms with Crippen molar-refractivity contribution < 1.29 is 4.74 Å². The Morgan fingerprint density at radius 3 is 3.00 bits per heavy atom.